The Balaban J connectivity index is 0.00000192. The van der Waals surface area contributed by atoms with Crippen molar-refractivity contribution in [1.29, 1.82) is 0 Å². The number of allylic oxidation sites excluding steroid dienone is 5. The molecule has 4 nitrogen and oxygen atoms in total. The number of hydrogen-bond acceptors (Lipinski definition) is 4. The Morgan fingerprint density at radius 3 is 2.02 bits per heavy atom. The van der Waals surface area contributed by atoms with Crippen molar-refractivity contribution in [2.24, 2.45) is 0 Å². The van der Waals surface area contributed by atoms with Crippen molar-refractivity contribution in [2.45, 2.75) is 80.7 Å². The number of nitrogens with two attached hydrogens (primary N) is 1. The van der Waals surface area contributed by atoms with Gasteiger partial charge in [0.25, 0.3) is 0 Å². The van der Waals surface area contributed by atoms with Gasteiger partial charge in [-0.2, -0.15) is 0 Å². The molecule has 244 valence electrons. The molecular weight excluding hydrogens is 548 g/mol. The molecule has 1 unspecified atom stereocenters. The first-order chi connectivity index (χ1) is 21.8. The van der Waals surface area contributed by atoms with Crippen molar-refractivity contribution in [3.63, 3.8) is 0 Å². The molecule has 0 saturated carbocycles. The largest absolute Gasteiger partial charge is 0.397 e. The molecular formula is C41H60N4. The van der Waals surface area contributed by atoms with Crippen LogP contribution < -0.4 is 21.7 Å². The van der Waals surface area contributed by atoms with Crippen molar-refractivity contribution in [3.8, 4) is 0 Å². The molecule has 0 fully saturated rings. The van der Waals surface area contributed by atoms with Crippen LogP contribution in [0.3, 0.4) is 0 Å². The fraction of sp³-hybridized carbons (Fsp3) is 0.317. The molecule has 0 radical (unpaired) electrons. The number of nitrogens with one attached hydrogen (secondary N) is 3. The molecule has 0 saturated heterocycles. The first-order valence-electron chi connectivity index (χ1n) is 16.4. The average Bonchev–Trinajstić information content (AvgIpc) is 3.07. The number of rotatable bonds is 14. The second kappa shape index (κ2) is 24.9. The minimum atomic E-state index is 0.306. The topological polar surface area (TPSA) is 62.1 Å². The highest BCUT2D eigenvalue weighted by molar-refractivity contribution is 5.85. The second-order valence-electron chi connectivity index (χ2n) is 9.95. The number of hydrogen-bond donors (Lipinski definition) is 4. The summed E-state index contributed by atoms with van der Waals surface area (Å²) in [5.41, 5.74) is 15.6. The van der Waals surface area contributed by atoms with Crippen LogP contribution in [0, 0.1) is 0 Å². The molecule has 3 rings (SSSR count). The third kappa shape index (κ3) is 16.3. The van der Waals surface area contributed by atoms with E-state index in [1.165, 1.54) is 11.1 Å². The van der Waals surface area contributed by atoms with Crippen LogP contribution in [0.1, 0.15) is 84.1 Å². The van der Waals surface area contributed by atoms with Gasteiger partial charge in [0.15, 0.2) is 0 Å². The van der Waals surface area contributed by atoms with Crippen LogP contribution in [-0.4, -0.2) is 12.6 Å². The van der Waals surface area contributed by atoms with E-state index in [9.17, 15) is 0 Å². The molecule has 3 aromatic carbocycles. The Labute approximate surface area is 275 Å². The highest BCUT2D eigenvalue weighted by atomic mass is 14.9. The van der Waals surface area contributed by atoms with Gasteiger partial charge in [0, 0.05) is 24.0 Å². The molecule has 5 N–H and O–H groups in total. The fourth-order valence-electron chi connectivity index (χ4n) is 4.37. The smallest absolute Gasteiger partial charge is 0.0624 e. The van der Waals surface area contributed by atoms with Gasteiger partial charge in [0.1, 0.15) is 0 Å². The molecule has 4 heteroatoms. The lowest BCUT2D eigenvalue weighted by molar-refractivity contribution is 0.593. The summed E-state index contributed by atoms with van der Waals surface area (Å²) in [5.74, 6) is 0. The van der Waals surface area contributed by atoms with E-state index in [2.05, 4.69) is 109 Å². The third-order valence-electron chi connectivity index (χ3n) is 6.53. The summed E-state index contributed by atoms with van der Waals surface area (Å²) in [7, 11) is 0. The van der Waals surface area contributed by atoms with Gasteiger partial charge < -0.3 is 21.7 Å². The van der Waals surface area contributed by atoms with Crippen molar-refractivity contribution in [3.05, 3.63) is 145 Å². The van der Waals surface area contributed by atoms with E-state index in [1.54, 1.807) is 6.20 Å². The zero-order valence-corrected chi connectivity index (χ0v) is 29.3. The molecule has 0 aromatic heterocycles. The highest BCUT2D eigenvalue weighted by Gasteiger charge is 2.08. The first-order valence-corrected chi connectivity index (χ1v) is 16.4. The van der Waals surface area contributed by atoms with E-state index in [0.29, 0.717) is 11.7 Å². The van der Waals surface area contributed by atoms with Gasteiger partial charge in [-0.05, 0) is 93.1 Å². The number of nitrogen functional groups attached to an aromatic ring is 1. The summed E-state index contributed by atoms with van der Waals surface area (Å²) in [6, 6.07) is 25.4. The quantitative estimate of drug-likeness (QED) is 0.109. The first kappa shape index (κ1) is 40.6. The predicted molar refractivity (Wildman–Crippen MR) is 205 cm³/mol. The minimum absolute atomic E-state index is 0.306. The van der Waals surface area contributed by atoms with Crippen molar-refractivity contribution >= 4 is 22.6 Å². The summed E-state index contributed by atoms with van der Waals surface area (Å²) < 4.78 is 0. The maximum atomic E-state index is 6.25. The Morgan fingerprint density at radius 2 is 1.49 bits per heavy atom. The summed E-state index contributed by atoms with van der Waals surface area (Å²) in [4.78, 5) is 0. The molecule has 45 heavy (non-hydrogen) atoms. The normalized spacial score (nSPS) is 10.9. The Kier molecular flexibility index (Phi) is 22.5. The van der Waals surface area contributed by atoms with Gasteiger partial charge in [0.2, 0.25) is 0 Å². The van der Waals surface area contributed by atoms with E-state index in [1.807, 2.05) is 72.7 Å². The van der Waals surface area contributed by atoms with Crippen molar-refractivity contribution in [2.75, 3.05) is 17.6 Å². The van der Waals surface area contributed by atoms with Gasteiger partial charge in [-0.3, -0.25) is 0 Å². The zero-order valence-electron chi connectivity index (χ0n) is 29.3. The zero-order chi connectivity index (χ0) is 34.0. The number of benzene rings is 3. The van der Waals surface area contributed by atoms with Crippen LogP contribution >= 0.6 is 0 Å². The molecule has 1 atom stereocenters. The van der Waals surface area contributed by atoms with Crippen LogP contribution in [0.5, 0.6) is 0 Å². The monoisotopic (exact) mass is 608 g/mol. The molecule has 0 heterocycles. The highest BCUT2D eigenvalue weighted by Crippen LogP contribution is 2.28. The predicted octanol–water partition coefficient (Wildman–Crippen LogP) is 10.8. The third-order valence-corrected chi connectivity index (χ3v) is 6.53. The lowest BCUT2D eigenvalue weighted by Crippen LogP contribution is -2.27. The van der Waals surface area contributed by atoms with Crippen LogP contribution in [0.2, 0.25) is 0 Å². The summed E-state index contributed by atoms with van der Waals surface area (Å²) >= 11 is 0. The van der Waals surface area contributed by atoms with Gasteiger partial charge in [-0.1, -0.05) is 126 Å². The molecule has 0 aliphatic rings. The molecule has 0 spiro atoms. The lowest BCUT2D eigenvalue weighted by atomic mass is 10.0. The molecule has 0 aliphatic carbocycles. The second-order valence-corrected chi connectivity index (χ2v) is 9.95. The van der Waals surface area contributed by atoms with Gasteiger partial charge in [-0.25, -0.2) is 0 Å². The van der Waals surface area contributed by atoms with E-state index < -0.39 is 0 Å². The Bertz CT molecular complexity index is 1300. The Morgan fingerprint density at radius 1 is 0.867 bits per heavy atom. The molecule has 3 aromatic rings. The van der Waals surface area contributed by atoms with Crippen LogP contribution in [-0.2, 0) is 12.8 Å². The van der Waals surface area contributed by atoms with Crippen LogP contribution in [0.25, 0.3) is 11.3 Å². The fourth-order valence-corrected chi connectivity index (χ4v) is 4.37. The van der Waals surface area contributed by atoms with Crippen LogP contribution in [0.15, 0.2) is 123 Å². The van der Waals surface area contributed by atoms with E-state index in [4.69, 9.17) is 5.73 Å². The molecule has 0 amide bonds. The van der Waals surface area contributed by atoms with Gasteiger partial charge in [-0.15, -0.1) is 0 Å². The van der Waals surface area contributed by atoms with Crippen LogP contribution in [0.4, 0.5) is 11.4 Å². The summed E-state index contributed by atoms with van der Waals surface area (Å²) in [6.45, 7) is 29.2. The maximum absolute atomic E-state index is 6.25. The van der Waals surface area contributed by atoms with E-state index in [-0.39, 0.29) is 0 Å². The summed E-state index contributed by atoms with van der Waals surface area (Å²) in [5, 5.41) is 9.84. The van der Waals surface area contributed by atoms with Gasteiger partial charge in [0.05, 0.1) is 11.4 Å². The maximum Gasteiger partial charge on any atom is 0.0624 e. The van der Waals surface area contributed by atoms with E-state index >= 15 is 0 Å². The molecule has 0 aliphatic heterocycles. The van der Waals surface area contributed by atoms with Crippen molar-refractivity contribution in [1.82, 2.24) is 10.6 Å². The Hall–Kier alpha value is -4.44. The van der Waals surface area contributed by atoms with Crippen molar-refractivity contribution < 1.29 is 0 Å². The standard InChI is InChI=1S/C33H39N3.C4H9N.2C2H6/c1-6-11-29(7-2)31-20-21-32(34)33(23-31)36-26(5)30-18-16-28(17-19-30)22-25(4)35-24(3)14-15-27-12-9-8-10-13-27;1-3-5-4-2;2*1-2/h6-13,16-21,23,25,35-36H,3,5,14-15,22,34H2,1-2,4H3;3,5H,1,4H2,2H3;2*1-2H3/b11-6-,29-7+;;;. The number of aryl methyl sites for hydroxylation is 1. The SMILES string of the molecule is C=C(CCc1ccccc1)NC(C)Cc1ccc(C(=C)Nc2cc(C(/C=C\C)=C/C)ccc2N)cc1.C=CNCC.CC.CC. The van der Waals surface area contributed by atoms with E-state index in [0.717, 1.165) is 59.6 Å². The minimum Gasteiger partial charge on any atom is -0.397 e. The average molecular weight is 609 g/mol. The molecule has 0 bridgehead atoms. The van der Waals surface area contributed by atoms with Gasteiger partial charge >= 0.3 is 0 Å². The summed E-state index contributed by atoms with van der Waals surface area (Å²) in [6.07, 6.45) is 10.8. The lowest BCUT2D eigenvalue weighted by Gasteiger charge is -2.18. The number of anilines is 2.